The van der Waals surface area contributed by atoms with Crippen molar-refractivity contribution in [3.63, 3.8) is 0 Å². The Hall–Kier alpha value is -0.520. The lowest BCUT2D eigenvalue weighted by molar-refractivity contribution is 0.157. The van der Waals surface area contributed by atoms with E-state index >= 15 is 0 Å². The van der Waals surface area contributed by atoms with Crippen LogP contribution in [-0.2, 0) is 0 Å². The van der Waals surface area contributed by atoms with Crippen molar-refractivity contribution in [3.05, 3.63) is 0 Å². The lowest BCUT2D eigenvalue weighted by Gasteiger charge is -2.36. The van der Waals surface area contributed by atoms with Gasteiger partial charge in [-0.2, -0.15) is 0 Å². The fourth-order valence-corrected chi connectivity index (χ4v) is 2.05. The monoisotopic (exact) mass is 180 g/mol. The Bertz CT molecular complexity index is 187. The van der Waals surface area contributed by atoms with E-state index in [4.69, 9.17) is 6.42 Å². The molecular weight excluding hydrogens is 160 g/mol. The van der Waals surface area contributed by atoms with E-state index in [2.05, 4.69) is 30.1 Å². The first-order valence-corrected chi connectivity index (χ1v) is 4.99. The van der Waals surface area contributed by atoms with Crippen LogP contribution < -0.4 is 5.32 Å². The van der Waals surface area contributed by atoms with Crippen LogP contribution in [0.2, 0.25) is 0 Å². The van der Waals surface area contributed by atoms with E-state index in [9.17, 15) is 0 Å². The predicted molar refractivity (Wildman–Crippen MR) is 56.5 cm³/mol. The highest BCUT2D eigenvalue weighted by Gasteiger charge is 2.27. The summed E-state index contributed by atoms with van der Waals surface area (Å²) in [5.41, 5.74) is 0.469. The van der Waals surface area contributed by atoms with Gasteiger partial charge in [-0.1, -0.05) is 12.8 Å². The maximum atomic E-state index is 5.27. The smallest absolute Gasteiger partial charge is 0.0596 e. The van der Waals surface area contributed by atoms with Gasteiger partial charge in [0.05, 0.1) is 6.54 Å². The zero-order valence-corrected chi connectivity index (χ0v) is 8.77. The first kappa shape index (κ1) is 10.6. The Labute approximate surface area is 81.7 Å². The van der Waals surface area contributed by atoms with Gasteiger partial charge in [-0.25, -0.2) is 0 Å². The standard InChI is InChI=1S/C11H20N2/c1-4-9-13(3)10-11(2)5-7-12-8-6-11/h1,12H,5-10H2,2-3H3. The molecular formula is C11H20N2. The molecule has 0 spiro atoms. The maximum Gasteiger partial charge on any atom is 0.0596 e. The van der Waals surface area contributed by atoms with Crippen molar-refractivity contribution in [2.75, 3.05) is 33.2 Å². The first-order valence-electron chi connectivity index (χ1n) is 4.99. The van der Waals surface area contributed by atoms with Crippen LogP contribution in [0.25, 0.3) is 0 Å². The second kappa shape index (κ2) is 4.64. The molecule has 2 heteroatoms. The van der Waals surface area contributed by atoms with E-state index < -0.39 is 0 Å². The van der Waals surface area contributed by atoms with Crippen LogP contribution in [0.1, 0.15) is 19.8 Å². The summed E-state index contributed by atoms with van der Waals surface area (Å²) in [6.45, 7) is 6.56. The molecule has 1 rings (SSSR count). The van der Waals surface area contributed by atoms with Crippen LogP contribution in [0.3, 0.4) is 0 Å². The molecule has 1 saturated heterocycles. The summed E-state index contributed by atoms with van der Waals surface area (Å²) >= 11 is 0. The van der Waals surface area contributed by atoms with Gasteiger partial charge in [0.25, 0.3) is 0 Å². The van der Waals surface area contributed by atoms with Gasteiger partial charge in [0.2, 0.25) is 0 Å². The number of nitrogens with zero attached hydrogens (tertiary/aromatic N) is 1. The molecule has 0 radical (unpaired) electrons. The third-order valence-electron chi connectivity index (χ3n) is 2.82. The fraction of sp³-hybridized carbons (Fsp3) is 0.818. The molecule has 0 aromatic carbocycles. The van der Waals surface area contributed by atoms with Crippen molar-refractivity contribution < 1.29 is 0 Å². The summed E-state index contributed by atoms with van der Waals surface area (Å²) in [5.74, 6) is 2.68. The van der Waals surface area contributed by atoms with E-state index in [1.807, 2.05) is 0 Å². The molecule has 1 heterocycles. The van der Waals surface area contributed by atoms with E-state index in [1.54, 1.807) is 0 Å². The van der Waals surface area contributed by atoms with E-state index in [0.717, 1.165) is 26.2 Å². The highest BCUT2D eigenvalue weighted by molar-refractivity contribution is 4.90. The van der Waals surface area contributed by atoms with Gasteiger partial charge in [-0.3, -0.25) is 4.90 Å². The number of piperidine rings is 1. The Kier molecular flexibility index (Phi) is 3.77. The van der Waals surface area contributed by atoms with Crippen LogP contribution in [0.4, 0.5) is 0 Å². The van der Waals surface area contributed by atoms with E-state index in [1.165, 1.54) is 12.8 Å². The third-order valence-corrected chi connectivity index (χ3v) is 2.82. The van der Waals surface area contributed by atoms with Gasteiger partial charge >= 0.3 is 0 Å². The number of nitrogens with one attached hydrogen (secondary N) is 1. The molecule has 0 saturated carbocycles. The van der Waals surface area contributed by atoms with Gasteiger partial charge in [0, 0.05) is 6.54 Å². The number of terminal acetylenes is 1. The lowest BCUT2D eigenvalue weighted by atomic mass is 9.80. The number of hydrogen-bond donors (Lipinski definition) is 1. The van der Waals surface area contributed by atoms with Gasteiger partial charge in [0.1, 0.15) is 0 Å². The van der Waals surface area contributed by atoms with Crippen molar-refractivity contribution in [2.45, 2.75) is 19.8 Å². The average molecular weight is 180 g/mol. The summed E-state index contributed by atoms with van der Waals surface area (Å²) in [6.07, 6.45) is 7.81. The molecule has 0 amide bonds. The van der Waals surface area contributed by atoms with Gasteiger partial charge in [-0.05, 0) is 38.4 Å². The zero-order valence-electron chi connectivity index (χ0n) is 8.77. The molecule has 0 unspecified atom stereocenters. The van der Waals surface area contributed by atoms with Crippen molar-refractivity contribution in [1.29, 1.82) is 0 Å². The van der Waals surface area contributed by atoms with Crippen LogP contribution >= 0.6 is 0 Å². The van der Waals surface area contributed by atoms with Crippen LogP contribution in [0.5, 0.6) is 0 Å². The normalized spacial score (nSPS) is 21.4. The molecule has 0 aromatic rings. The van der Waals surface area contributed by atoms with Crippen molar-refractivity contribution >= 4 is 0 Å². The van der Waals surface area contributed by atoms with Crippen LogP contribution in [0, 0.1) is 17.8 Å². The molecule has 0 atom stereocenters. The average Bonchev–Trinajstić information content (AvgIpc) is 2.04. The first-order chi connectivity index (χ1) is 6.16. The molecule has 13 heavy (non-hydrogen) atoms. The van der Waals surface area contributed by atoms with Gasteiger partial charge in [-0.15, -0.1) is 6.42 Å². The predicted octanol–water partition coefficient (Wildman–Crippen LogP) is 0.941. The maximum absolute atomic E-state index is 5.27. The molecule has 0 aromatic heterocycles. The minimum Gasteiger partial charge on any atom is -0.317 e. The summed E-state index contributed by atoms with van der Waals surface area (Å²) < 4.78 is 0. The highest BCUT2D eigenvalue weighted by Crippen LogP contribution is 2.28. The molecule has 1 fully saturated rings. The Morgan fingerprint density at radius 1 is 1.46 bits per heavy atom. The lowest BCUT2D eigenvalue weighted by Crippen LogP contribution is -2.42. The fourth-order valence-electron chi connectivity index (χ4n) is 2.05. The largest absolute Gasteiger partial charge is 0.317 e. The van der Waals surface area contributed by atoms with Gasteiger partial charge < -0.3 is 5.32 Å². The summed E-state index contributed by atoms with van der Waals surface area (Å²) in [7, 11) is 2.10. The van der Waals surface area contributed by atoms with E-state index in [0.29, 0.717) is 5.41 Å². The molecule has 1 aliphatic heterocycles. The van der Waals surface area contributed by atoms with Crippen molar-refractivity contribution in [3.8, 4) is 12.3 Å². The Balaban J connectivity index is 2.36. The minimum atomic E-state index is 0.469. The summed E-state index contributed by atoms with van der Waals surface area (Å²) in [5, 5.41) is 3.39. The summed E-state index contributed by atoms with van der Waals surface area (Å²) in [4.78, 5) is 2.24. The zero-order chi connectivity index (χ0) is 9.73. The molecule has 0 bridgehead atoms. The Morgan fingerprint density at radius 2 is 2.08 bits per heavy atom. The van der Waals surface area contributed by atoms with Crippen molar-refractivity contribution in [1.82, 2.24) is 10.2 Å². The molecule has 1 aliphatic rings. The SMILES string of the molecule is C#CCN(C)CC1(C)CCNCC1. The molecule has 1 N–H and O–H groups in total. The minimum absolute atomic E-state index is 0.469. The second-order valence-electron chi connectivity index (χ2n) is 4.44. The number of rotatable bonds is 3. The summed E-state index contributed by atoms with van der Waals surface area (Å²) in [6, 6.07) is 0. The third kappa shape index (κ3) is 3.38. The van der Waals surface area contributed by atoms with Crippen molar-refractivity contribution in [2.24, 2.45) is 5.41 Å². The highest BCUT2D eigenvalue weighted by atomic mass is 15.1. The van der Waals surface area contributed by atoms with Crippen LogP contribution in [-0.4, -0.2) is 38.1 Å². The number of hydrogen-bond acceptors (Lipinski definition) is 2. The Morgan fingerprint density at radius 3 is 2.62 bits per heavy atom. The topological polar surface area (TPSA) is 15.3 Å². The molecule has 74 valence electrons. The molecule has 0 aliphatic carbocycles. The van der Waals surface area contributed by atoms with Gasteiger partial charge in [0.15, 0.2) is 0 Å². The van der Waals surface area contributed by atoms with Crippen LogP contribution in [0.15, 0.2) is 0 Å². The quantitative estimate of drug-likeness (QED) is 0.650. The van der Waals surface area contributed by atoms with E-state index in [-0.39, 0.29) is 0 Å². The molecule has 2 nitrogen and oxygen atoms in total. The second-order valence-corrected chi connectivity index (χ2v) is 4.44.